The van der Waals surface area contributed by atoms with Crippen LogP contribution in [0.25, 0.3) is 0 Å². The van der Waals surface area contributed by atoms with Gasteiger partial charge in [-0.1, -0.05) is 44.2 Å². The summed E-state index contributed by atoms with van der Waals surface area (Å²) in [5.74, 6) is 0.127. The molecule has 1 N–H and O–H groups in total. The summed E-state index contributed by atoms with van der Waals surface area (Å²) in [5.41, 5.74) is 1.26. The first-order valence-electron chi connectivity index (χ1n) is 10.1. The fourth-order valence-corrected chi connectivity index (χ4v) is 3.21. The van der Waals surface area contributed by atoms with Crippen LogP contribution in [0.5, 0.6) is 11.5 Å². The highest BCUT2D eigenvalue weighted by Gasteiger charge is 2.30. The number of carbonyl (C=O) groups is 2. The summed E-state index contributed by atoms with van der Waals surface area (Å²) in [6.45, 7) is 4.82. The first-order chi connectivity index (χ1) is 14.9. The summed E-state index contributed by atoms with van der Waals surface area (Å²) in [6, 6.07) is 13.5. The molecule has 1 aliphatic rings. The van der Waals surface area contributed by atoms with Crippen molar-refractivity contribution >= 4 is 11.8 Å². The summed E-state index contributed by atoms with van der Waals surface area (Å²) in [7, 11) is 1.53. The van der Waals surface area contributed by atoms with E-state index in [9.17, 15) is 14.9 Å². The lowest BCUT2D eigenvalue weighted by Crippen LogP contribution is -2.53. The van der Waals surface area contributed by atoms with Gasteiger partial charge in [0.05, 0.1) is 6.54 Å². The molecule has 2 aromatic rings. The molecular formula is C23H26N4O4. The second-order valence-electron chi connectivity index (χ2n) is 7.56. The molecule has 8 nitrogen and oxygen atoms in total. The Bertz CT molecular complexity index is 971. The minimum atomic E-state index is -0.808. The van der Waals surface area contributed by atoms with Gasteiger partial charge in [0.1, 0.15) is 19.3 Å². The van der Waals surface area contributed by atoms with Gasteiger partial charge in [-0.25, -0.2) is 10.0 Å². The number of carbonyl (C=O) groups excluding carboxylic acids is 2. The van der Waals surface area contributed by atoms with Gasteiger partial charge in [0.2, 0.25) is 0 Å². The highest BCUT2D eigenvalue weighted by atomic mass is 16.6. The van der Waals surface area contributed by atoms with E-state index >= 15 is 0 Å². The number of nitrogens with one attached hydrogen (secondary N) is 1. The summed E-state index contributed by atoms with van der Waals surface area (Å²) in [6.07, 6.45) is 2.04. The molecule has 3 rings (SSSR count). The third-order valence-corrected chi connectivity index (χ3v) is 5.00. The molecule has 0 radical (unpaired) electrons. The van der Waals surface area contributed by atoms with Crippen molar-refractivity contribution < 1.29 is 19.1 Å². The number of hydrazine groups is 1. The number of ether oxygens (including phenoxy) is 2. The van der Waals surface area contributed by atoms with Crippen molar-refractivity contribution in [1.29, 1.82) is 5.26 Å². The van der Waals surface area contributed by atoms with Crippen molar-refractivity contribution in [1.82, 2.24) is 15.3 Å². The van der Waals surface area contributed by atoms with Crippen LogP contribution in [0.3, 0.4) is 0 Å². The minimum Gasteiger partial charge on any atom is -0.486 e. The predicted molar refractivity (Wildman–Crippen MR) is 114 cm³/mol. The van der Waals surface area contributed by atoms with Gasteiger partial charge in [0.15, 0.2) is 17.7 Å². The number of fused-ring (bicyclic) bond motifs is 1. The van der Waals surface area contributed by atoms with Gasteiger partial charge in [0.25, 0.3) is 11.8 Å². The maximum Gasteiger partial charge on any atom is 0.264 e. The first kappa shape index (κ1) is 22.0. The van der Waals surface area contributed by atoms with Crippen LogP contribution in [-0.4, -0.2) is 48.1 Å². The Labute approximate surface area is 181 Å². The van der Waals surface area contributed by atoms with Crippen LogP contribution < -0.4 is 14.8 Å². The zero-order valence-corrected chi connectivity index (χ0v) is 17.9. The van der Waals surface area contributed by atoms with Gasteiger partial charge in [0, 0.05) is 12.6 Å². The molecule has 1 heterocycles. The van der Waals surface area contributed by atoms with E-state index in [0.717, 1.165) is 5.56 Å². The molecule has 2 amide bonds. The Balaban J connectivity index is 1.72. The normalized spacial score (nSPS) is 13.1. The molecule has 0 aromatic heterocycles. The molecule has 0 fully saturated rings. The molecule has 8 heteroatoms. The topological polar surface area (TPSA) is 94.9 Å². The number of amides is 2. The van der Waals surface area contributed by atoms with Crippen LogP contribution in [0.4, 0.5) is 0 Å². The SMILES string of the molecule is CC(C)[C@H](NC(=O)c1ccc2c(c1)OCCO2)C(=O)N(C)N(C#N)Cc1ccccc1. The highest BCUT2D eigenvalue weighted by Crippen LogP contribution is 2.30. The van der Waals surface area contributed by atoms with Crippen LogP contribution in [0, 0.1) is 17.4 Å². The molecule has 0 aliphatic carbocycles. The first-order valence-corrected chi connectivity index (χ1v) is 10.1. The number of hydrogen-bond donors (Lipinski definition) is 1. The van der Waals surface area contributed by atoms with E-state index in [4.69, 9.17) is 9.47 Å². The number of rotatable bonds is 7. The second-order valence-corrected chi connectivity index (χ2v) is 7.56. The minimum absolute atomic E-state index is 0.187. The Morgan fingerprint density at radius 2 is 1.77 bits per heavy atom. The van der Waals surface area contributed by atoms with E-state index in [1.54, 1.807) is 18.2 Å². The molecule has 31 heavy (non-hydrogen) atoms. The summed E-state index contributed by atoms with van der Waals surface area (Å²) in [5, 5.41) is 14.9. The lowest BCUT2D eigenvalue weighted by atomic mass is 10.0. The van der Waals surface area contributed by atoms with Crippen molar-refractivity contribution in [3.8, 4) is 17.7 Å². The Morgan fingerprint density at radius 3 is 2.42 bits per heavy atom. The Morgan fingerprint density at radius 1 is 1.10 bits per heavy atom. The Hall–Kier alpha value is -3.73. The summed E-state index contributed by atoms with van der Waals surface area (Å²) < 4.78 is 11.0. The van der Waals surface area contributed by atoms with E-state index in [1.807, 2.05) is 50.4 Å². The van der Waals surface area contributed by atoms with Crippen molar-refractivity contribution in [3.63, 3.8) is 0 Å². The predicted octanol–water partition coefficient (Wildman–Crippen LogP) is 2.57. The number of hydrogen-bond acceptors (Lipinski definition) is 6. The maximum absolute atomic E-state index is 13.1. The van der Waals surface area contributed by atoms with Gasteiger partial charge in [-0.3, -0.25) is 9.59 Å². The van der Waals surface area contributed by atoms with E-state index in [1.165, 1.54) is 17.1 Å². The van der Waals surface area contributed by atoms with Gasteiger partial charge in [-0.2, -0.15) is 5.26 Å². The molecular weight excluding hydrogens is 396 g/mol. The van der Waals surface area contributed by atoms with Crippen molar-refractivity contribution in [2.24, 2.45) is 5.92 Å². The summed E-state index contributed by atoms with van der Waals surface area (Å²) in [4.78, 5) is 26.0. The lowest BCUT2D eigenvalue weighted by molar-refractivity contribution is -0.145. The van der Waals surface area contributed by atoms with Crippen LogP contribution >= 0.6 is 0 Å². The second kappa shape index (κ2) is 9.85. The van der Waals surface area contributed by atoms with Crippen molar-refractivity contribution in [2.75, 3.05) is 20.3 Å². The van der Waals surface area contributed by atoms with E-state index < -0.39 is 11.9 Å². The lowest BCUT2D eigenvalue weighted by Gasteiger charge is -2.32. The third kappa shape index (κ3) is 5.25. The van der Waals surface area contributed by atoms with Gasteiger partial charge < -0.3 is 14.8 Å². The number of benzene rings is 2. The van der Waals surface area contributed by atoms with E-state index in [-0.39, 0.29) is 18.4 Å². The van der Waals surface area contributed by atoms with Crippen molar-refractivity contribution in [2.45, 2.75) is 26.4 Å². The smallest absolute Gasteiger partial charge is 0.264 e. The molecule has 0 bridgehead atoms. The number of nitrogens with zero attached hydrogens (tertiary/aromatic N) is 3. The van der Waals surface area contributed by atoms with Crippen LogP contribution in [-0.2, 0) is 11.3 Å². The van der Waals surface area contributed by atoms with Crippen molar-refractivity contribution in [3.05, 3.63) is 59.7 Å². The molecule has 0 unspecified atom stereocenters. The molecule has 1 atom stereocenters. The third-order valence-electron chi connectivity index (χ3n) is 5.00. The Kier molecular flexibility index (Phi) is 6.98. The zero-order valence-electron chi connectivity index (χ0n) is 17.9. The fourth-order valence-electron chi connectivity index (χ4n) is 3.21. The molecule has 0 saturated heterocycles. The van der Waals surface area contributed by atoms with Crippen LogP contribution in [0.15, 0.2) is 48.5 Å². The van der Waals surface area contributed by atoms with E-state index in [2.05, 4.69) is 5.32 Å². The van der Waals surface area contributed by atoms with Gasteiger partial charge >= 0.3 is 0 Å². The highest BCUT2D eigenvalue weighted by molar-refractivity contribution is 5.98. The maximum atomic E-state index is 13.1. The van der Waals surface area contributed by atoms with E-state index in [0.29, 0.717) is 30.3 Å². The molecule has 0 spiro atoms. The largest absolute Gasteiger partial charge is 0.486 e. The van der Waals surface area contributed by atoms with Crippen LogP contribution in [0.1, 0.15) is 29.8 Å². The molecule has 1 aliphatic heterocycles. The zero-order chi connectivity index (χ0) is 22.4. The monoisotopic (exact) mass is 422 g/mol. The van der Waals surface area contributed by atoms with Gasteiger partial charge in [-0.05, 0) is 29.7 Å². The molecule has 162 valence electrons. The number of nitriles is 1. The summed E-state index contributed by atoms with van der Waals surface area (Å²) >= 11 is 0. The average Bonchev–Trinajstić information content (AvgIpc) is 2.80. The quantitative estimate of drug-likeness (QED) is 0.419. The molecule has 2 aromatic carbocycles. The van der Waals surface area contributed by atoms with Crippen LogP contribution in [0.2, 0.25) is 0 Å². The average molecular weight is 422 g/mol. The standard InChI is InChI=1S/C23H26N4O4/c1-16(2)21(23(29)26(3)27(15-24)14-17-7-5-4-6-8-17)25-22(28)18-9-10-19-20(13-18)31-12-11-30-19/h4-10,13,16,21H,11-12,14H2,1-3H3,(H,25,28)/t21-/m0/s1. The number of likely N-dealkylation sites (N-methyl/N-ethyl adjacent to an activating group) is 1. The fraction of sp³-hybridized carbons (Fsp3) is 0.348. The molecule has 0 saturated carbocycles. The van der Waals surface area contributed by atoms with Gasteiger partial charge in [-0.15, -0.1) is 0 Å².